The van der Waals surface area contributed by atoms with Crippen LogP contribution in [0.2, 0.25) is 5.02 Å². The van der Waals surface area contributed by atoms with E-state index in [4.69, 9.17) is 11.6 Å². The Bertz CT molecular complexity index is 635. The highest BCUT2D eigenvalue weighted by Gasteiger charge is 2.45. The molecule has 0 radical (unpaired) electrons. The molecule has 2 unspecified atom stereocenters. The van der Waals surface area contributed by atoms with Crippen LogP contribution < -0.4 is 0 Å². The van der Waals surface area contributed by atoms with Gasteiger partial charge in [0.1, 0.15) is 6.23 Å². The average Bonchev–Trinajstić information content (AvgIpc) is 3.23. The number of aliphatic hydroxyl groups is 2. The average molecular weight is 407 g/mol. The first-order valence-electron chi connectivity index (χ1n) is 11.2. The molecule has 2 atom stereocenters. The van der Waals surface area contributed by atoms with Crippen molar-refractivity contribution >= 4 is 11.6 Å². The van der Waals surface area contributed by atoms with Gasteiger partial charge >= 0.3 is 0 Å². The Morgan fingerprint density at radius 2 is 1.64 bits per heavy atom. The molecule has 1 aliphatic carbocycles. The van der Waals surface area contributed by atoms with Crippen molar-refractivity contribution in [3.8, 4) is 0 Å². The van der Waals surface area contributed by atoms with E-state index in [2.05, 4.69) is 9.80 Å². The van der Waals surface area contributed by atoms with Gasteiger partial charge in [-0.15, -0.1) is 0 Å². The molecule has 2 N–H and O–H groups in total. The predicted octanol–water partition coefficient (Wildman–Crippen LogP) is 4.00. The highest BCUT2D eigenvalue weighted by Crippen LogP contribution is 2.43. The zero-order valence-electron chi connectivity index (χ0n) is 16.9. The van der Waals surface area contributed by atoms with Gasteiger partial charge in [0.05, 0.1) is 11.5 Å². The van der Waals surface area contributed by atoms with E-state index < -0.39 is 11.8 Å². The topological polar surface area (TPSA) is 46.9 Å². The van der Waals surface area contributed by atoms with Crippen LogP contribution in [0.5, 0.6) is 0 Å². The van der Waals surface area contributed by atoms with Crippen LogP contribution >= 0.6 is 11.6 Å². The molecule has 0 aromatic heterocycles. The second-order valence-corrected chi connectivity index (χ2v) is 9.56. The van der Waals surface area contributed by atoms with E-state index in [9.17, 15) is 10.2 Å². The first kappa shape index (κ1) is 20.6. The van der Waals surface area contributed by atoms with Crippen molar-refractivity contribution in [2.75, 3.05) is 26.2 Å². The van der Waals surface area contributed by atoms with Crippen molar-refractivity contribution in [3.05, 3.63) is 34.9 Å². The number of piperidine rings is 1. The molecule has 156 valence electrons. The summed E-state index contributed by atoms with van der Waals surface area (Å²) in [7, 11) is 0. The Kier molecular flexibility index (Phi) is 6.63. The van der Waals surface area contributed by atoms with E-state index in [0.717, 1.165) is 57.2 Å². The molecule has 1 aromatic carbocycles. The summed E-state index contributed by atoms with van der Waals surface area (Å²) in [6.07, 6.45) is 8.93. The van der Waals surface area contributed by atoms with Crippen molar-refractivity contribution in [2.45, 2.75) is 81.6 Å². The van der Waals surface area contributed by atoms with Crippen molar-refractivity contribution in [2.24, 2.45) is 0 Å². The second-order valence-electron chi connectivity index (χ2n) is 9.12. The molecule has 4 nitrogen and oxygen atoms in total. The van der Waals surface area contributed by atoms with E-state index in [1.165, 1.54) is 32.4 Å². The van der Waals surface area contributed by atoms with Gasteiger partial charge < -0.3 is 15.1 Å². The molecule has 0 amide bonds. The van der Waals surface area contributed by atoms with Crippen molar-refractivity contribution < 1.29 is 10.2 Å². The van der Waals surface area contributed by atoms with Crippen LogP contribution in [0.15, 0.2) is 24.3 Å². The maximum Gasteiger partial charge on any atom is 0.117 e. The molecule has 2 heterocycles. The standard InChI is InChI=1S/C23H35ClN2O2/c24-19-8-6-7-18(17-19)21(23(28)11-2-1-3-12-23)22(27)26-15-9-20(10-16-26)25-13-4-5-14-25/h6-8,17,20-22,27-28H,1-5,9-16H2. The lowest BCUT2D eigenvalue weighted by atomic mass is 9.71. The number of likely N-dealkylation sites (tertiary alicyclic amines) is 2. The number of nitrogens with zero attached hydrogens (tertiary/aromatic N) is 2. The van der Waals surface area contributed by atoms with Gasteiger partial charge in [0, 0.05) is 24.2 Å². The van der Waals surface area contributed by atoms with Gasteiger partial charge in [-0.3, -0.25) is 4.90 Å². The number of aliphatic hydroxyl groups excluding tert-OH is 1. The van der Waals surface area contributed by atoms with E-state index >= 15 is 0 Å². The van der Waals surface area contributed by atoms with Crippen LogP contribution in [0, 0.1) is 0 Å². The fourth-order valence-electron chi connectivity index (χ4n) is 5.77. The molecule has 4 rings (SSSR count). The third kappa shape index (κ3) is 4.41. The minimum atomic E-state index is -0.853. The van der Waals surface area contributed by atoms with Gasteiger partial charge in [0.2, 0.25) is 0 Å². The van der Waals surface area contributed by atoms with Crippen LogP contribution in [0.4, 0.5) is 0 Å². The number of hydrogen-bond donors (Lipinski definition) is 2. The SMILES string of the molecule is OC(C(c1cccc(Cl)c1)C1(O)CCCCC1)N1CCC(N2CCCC2)CC1. The summed E-state index contributed by atoms with van der Waals surface area (Å²) in [4.78, 5) is 4.83. The third-order valence-electron chi connectivity index (χ3n) is 7.33. The zero-order valence-corrected chi connectivity index (χ0v) is 17.7. The highest BCUT2D eigenvalue weighted by molar-refractivity contribution is 6.30. The van der Waals surface area contributed by atoms with Crippen LogP contribution in [-0.2, 0) is 0 Å². The number of benzene rings is 1. The summed E-state index contributed by atoms with van der Waals surface area (Å²) in [6.45, 7) is 4.27. The Morgan fingerprint density at radius 3 is 2.29 bits per heavy atom. The smallest absolute Gasteiger partial charge is 0.117 e. The molecule has 1 aromatic rings. The van der Waals surface area contributed by atoms with Crippen molar-refractivity contribution in [3.63, 3.8) is 0 Å². The number of hydrogen-bond acceptors (Lipinski definition) is 4. The number of halogens is 1. The molecule has 3 aliphatic rings. The van der Waals surface area contributed by atoms with Crippen LogP contribution in [-0.4, -0.2) is 64.1 Å². The fraction of sp³-hybridized carbons (Fsp3) is 0.739. The molecular formula is C23H35ClN2O2. The Hall–Kier alpha value is -0.650. The first-order chi connectivity index (χ1) is 13.6. The molecule has 0 spiro atoms. The molecule has 3 fully saturated rings. The summed E-state index contributed by atoms with van der Waals surface area (Å²) < 4.78 is 0. The van der Waals surface area contributed by atoms with Crippen molar-refractivity contribution in [1.29, 1.82) is 0 Å². The van der Waals surface area contributed by atoms with Gasteiger partial charge in [-0.2, -0.15) is 0 Å². The molecule has 2 aliphatic heterocycles. The summed E-state index contributed by atoms with van der Waals surface area (Å²) >= 11 is 6.27. The van der Waals surface area contributed by atoms with Crippen LogP contribution in [0.3, 0.4) is 0 Å². The van der Waals surface area contributed by atoms with Gasteiger partial charge in [0.15, 0.2) is 0 Å². The lowest BCUT2D eigenvalue weighted by Gasteiger charge is -2.47. The monoisotopic (exact) mass is 406 g/mol. The van der Waals surface area contributed by atoms with Gasteiger partial charge in [-0.25, -0.2) is 0 Å². The highest BCUT2D eigenvalue weighted by atomic mass is 35.5. The minimum absolute atomic E-state index is 0.310. The first-order valence-corrected chi connectivity index (χ1v) is 11.6. The number of rotatable bonds is 5. The van der Waals surface area contributed by atoms with E-state index in [0.29, 0.717) is 11.1 Å². The molecule has 0 bridgehead atoms. The van der Waals surface area contributed by atoms with E-state index in [1.54, 1.807) is 0 Å². The molecule has 2 saturated heterocycles. The largest absolute Gasteiger partial charge is 0.389 e. The van der Waals surface area contributed by atoms with E-state index in [1.807, 2.05) is 24.3 Å². The summed E-state index contributed by atoms with van der Waals surface area (Å²) in [6, 6.07) is 8.40. The Balaban J connectivity index is 1.51. The lowest BCUT2D eigenvalue weighted by Crippen LogP contribution is -2.54. The Morgan fingerprint density at radius 1 is 0.964 bits per heavy atom. The lowest BCUT2D eigenvalue weighted by molar-refractivity contribution is -0.116. The van der Waals surface area contributed by atoms with Crippen molar-refractivity contribution in [1.82, 2.24) is 9.80 Å². The van der Waals surface area contributed by atoms with Crippen LogP contribution in [0.1, 0.15) is 69.3 Å². The summed E-state index contributed by atoms with van der Waals surface area (Å²) in [5.74, 6) is -0.310. The maximum absolute atomic E-state index is 11.6. The summed E-state index contributed by atoms with van der Waals surface area (Å²) in [5.41, 5.74) is 0.111. The van der Waals surface area contributed by atoms with Gasteiger partial charge in [-0.05, 0) is 69.3 Å². The maximum atomic E-state index is 11.6. The molecular weight excluding hydrogens is 372 g/mol. The normalized spacial score (nSPS) is 27.0. The second kappa shape index (κ2) is 9.01. The quantitative estimate of drug-likeness (QED) is 0.775. The molecule has 1 saturated carbocycles. The predicted molar refractivity (Wildman–Crippen MR) is 114 cm³/mol. The van der Waals surface area contributed by atoms with Gasteiger partial charge in [-0.1, -0.05) is 43.0 Å². The molecule has 28 heavy (non-hydrogen) atoms. The third-order valence-corrected chi connectivity index (χ3v) is 7.57. The minimum Gasteiger partial charge on any atom is -0.389 e. The Labute approximate surface area is 174 Å². The molecule has 5 heteroatoms. The van der Waals surface area contributed by atoms with Crippen LogP contribution in [0.25, 0.3) is 0 Å². The van der Waals surface area contributed by atoms with Gasteiger partial charge in [0.25, 0.3) is 0 Å². The summed E-state index contributed by atoms with van der Waals surface area (Å²) in [5, 5.41) is 23.7. The zero-order chi connectivity index (χ0) is 19.6. The fourth-order valence-corrected chi connectivity index (χ4v) is 5.97. The van der Waals surface area contributed by atoms with E-state index in [-0.39, 0.29) is 5.92 Å².